The zero-order chi connectivity index (χ0) is 28.3. The van der Waals surface area contributed by atoms with Crippen LogP contribution in [0.3, 0.4) is 0 Å². The molecule has 0 bridgehead atoms. The summed E-state index contributed by atoms with van der Waals surface area (Å²) in [5.41, 5.74) is 1.49. The average Bonchev–Trinajstić information content (AvgIpc) is 2.92. The third-order valence-corrected chi connectivity index (χ3v) is 7.50. The highest BCUT2D eigenvalue weighted by molar-refractivity contribution is 5.63. The summed E-state index contributed by atoms with van der Waals surface area (Å²) in [5, 5.41) is 84.5. The van der Waals surface area contributed by atoms with Gasteiger partial charge in [-0.15, -0.1) is 0 Å². The Morgan fingerprint density at radius 2 is 1.27 bits per heavy atom. The molecule has 4 aromatic carbocycles. The predicted molar refractivity (Wildman–Crippen MR) is 140 cm³/mol. The van der Waals surface area contributed by atoms with Crippen LogP contribution in [0.4, 0.5) is 0 Å². The van der Waals surface area contributed by atoms with E-state index in [0.717, 1.165) is 0 Å². The van der Waals surface area contributed by atoms with Gasteiger partial charge in [0.05, 0.1) is 6.10 Å². The van der Waals surface area contributed by atoms with E-state index in [4.69, 9.17) is 9.47 Å². The molecule has 6 rings (SSSR count). The molecular weight excluding hydrogens is 520 g/mol. The largest absolute Gasteiger partial charge is 0.508 e. The standard InChI is InChI=1S/C30H26O10/c31-15-4-1-13(2-5-15)30-28(38)25(17-7-6-16(32)10-23(17)40-30)26-21(35)12-24-18(27(26)37)11-22(36)29(39-24)14-3-8-19(33)20(34)9-14/h1-10,12,22,25,28-38H,11H2/t22-,25+,28+,29+,30-/m0/s1. The van der Waals surface area contributed by atoms with Crippen LogP contribution >= 0.6 is 0 Å². The van der Waals surface area contributed by atoms with E-state index in [2.05, 4.69) is 0 Å². The Labute approximate surface area is 227 Å². The number of aliphatic hydroxyl groups excluding tert-OH is 2. The lowest BCUT2D eigenvalue weighted by Crippen LogP contribution is -2.35. The lowest BCUT2D eigenvalue weighted by atomic mass is 9.78. The third kappa shape index (κ3) is 4.14. The van der Waals surface area contributed by atoms with E-state index in [-0.39, 0.29) is 63.5 Å². The smallest absolute Gasteiger partial charge is 0.157 e. The van der Waals surface area contributed by atoms with Gasteiger partial charge in [0, 0.05) is 41.2 Å². The summed E-state index contributed by atoms with van der Waals surface area (Å²) in [6.45, 7) is 0. The van der Waals surface area contributed by atoms with Crippen LogP contribution in [-0.4, -0.2) is 53.1 Å². The molecule has 10 heteroatoms. The molecule has 0 radical (unpaired) electrons. The van der Waals surface area contributed by atoms with E-state index < -0.39 is 30.3 Å². The fourth-order valence-corrected chi connectivity index (χ4v) is 5.54. The van der Waals surface area contributed by atoms with Crippen molar-refractivity contribution in [3.05, 3.63) is 94.5 Å². The summed E-state index contributed by atoms with van der Waals surface area (Å²) in [5.74, 6) is -2.22. The number of aromatic hydroxyl groups is 6. The summed E-state index contributed by atoms with van der Waals surface area (Å²) < 4.78 is 12.0. The molecule has 40 heavy (non-hydrogen) atoms. The van der Waals surface area contributed by atoms with Gasteiger partial charge < -0.3 is 50.3 Å². The summed E-state index contributed by atoms with van der Waals surface area (Å²) >= 11 is 0. The third-order valence-electron chi connectivity index (χ3n) is 7.50. The molecule has 5 atom stereocenters. The van der Waals surface area contributed by atoms with Crippen LogP contribution in [0, 0.1) is 0 Å². The predicted octanol–water partition coefficient (Wildman–Crippen LogP) is 3.58. The van der Waals surface area contributed by atoms with Crippen LogP contribution in [0.15, 0.2) is 66.7 Å². The number of benzene rings is 4. The van der Waals surface area contributed by atoms with E-state index in [1.54, 1.807) is 12.1 Å². The molecule has 0 saturated heterocycles. The molecule has 0 fully saturated rings. The van der Waals surface area contributed by atoms with E-state index in [1.807, 2.05) is 0 Å². The maximum absolute atomic E-state index is 11.6. The van der Waals surface area contributed by atoms with Crippen LogP contribution in [0.25, 0.3) is 0 Å². The van der Waals surface area contributed by atoms with Gasteiger partial charge >= 0.3 is 0 Å². The van der Waals surface area contributed by atoms with Gasteiger partial charge in [0.2, 0.25) is 0 Å². The Bertz CT molecular complexity index is 1600. The minimum atomic E-state index is -1.32. The van der Waals surface area contributed by atoms with Crippen molar-refractivity contribution < 1.29 is 50.3 Å². The van der Waals surface area contributed by atoms with Gasteiger partial charge in [0.25, 0.3) is 0 Å². The first-order valence-corrected chi connectivity index (χ1v) is 12.5. The van der Waals surface area contributed by atoms with Crippen molar-refractivity contribution in [2.24, 2.45) is 0 Å². The zero-order valence-electron chi connectivity index (χ0n) is 20.8. The van der Waals surface area contributed by atoms with Crippen LogP contribution < -0.4 is 9.47 Å². The molecule has 0 unspecified atom stereocenters. The van der Waals surface area contributed by atoms with Gasteiger partial charge in [0.1, 0.15) is 46.7 Å². The molecule has 8 N–H and O–H groups in total. The molecular formula is C30H26O10. The molecule has 0 saturated carbocycles. The van der Waals surface area contributed by atoms with Crippen LogP contribution in [0.1, 0.15) is 45.9 Å². The Kier molecular flexibility index (Phi) is 6.01. The van der Waals surface area contributed by atoms with Crippen LogP contribution in [-0.2, 0) is 6.42 Å². The summed E-state index contributed by atoms with van der Waals surface area (Å²) in [6.07, 6.45) is -4.50. The molecule has 0 spiro atoms. The lowest BCUT2D eigenvalue weighted by Gasteiger charge is -2.39. The minimum absolute atomic E-state index is 0.0122. The van der Waals surface area contributed by atoms with E-state index >= 15 is 0 Å². The molecule has 2 heterocycles. The number of aliphatic hydroxyl groups is 2. The minimum Gasteiger partial charge on any atom is -0.508 e. The van der Waals surface area contributed by atoms with Crippen LogP contribution in [0.2, 0.25) is 0 Å². The highest BCUT2D eigenvalue weighted by atomic mass is 16.5. The number of hydrogen-bond donors (Lipinski definition) is 8. The average molecular weight is 547 g/mol. The number of ether oxygens (including phenoxy) is 2. The SMILES string of the molecule is Oc1ccc([C@@H]2Oc3cc(O)ccc3[C@H](c3c(O)cc4c(c3O)C[C@H](O)[C@@H](c3ccc(O)c(O)c3)O4)[C@H]2O)cc1. The second kappa shape index (κ2) is 9.44. The topological polar surface area (TPSA) is 180 Å². The van der Waals surface area contributed by atoms with Crippen molar-refractivity contribution in [3.8, 4) is 46.0 Å². The Balaban J connectivity index is 1.44. The van der Waals surface area contributed by atoms with E-state index in [9.17, 15) is 40.9 Å². The molecule has 2 aliphatic heterocycles. The molecule has 4 aromatic rings. The van der Waals surface area contributed by atoms with Gasteiger partial charge in [-0.1, -0.05) is 24.3 Å². The lowest BCUT2D eigenvalue weighted by molar-refractivity contribution is 0.00667. The fraction of sp³-hybridized carbons (Fsp3) is 0.200. The van der Waals surface area contributed by atoms with Crippen molar-refractivity contribution in [2.75, 3.05) is 0 Å². The fourth-order valence-electron chi connectivity index (χ4n) is 5.54. The maximum atomic E-state index is 11.6. The van der Waals surface area contributed by atoms with Crippen molar-refractivity contribution in [1.29, 1.82) is 0 Å². The number of fused-ring (bicyclic) bond motifs is 2. The van der Waals surface area contributed by atoms with Gasteiger partial charge in [-0.05, 0) is 41.5 Å². The van der Waals surface area contributed by atoms with Gasteiger partial charge in [-0.2, -0.15) is 0 Å². The summed E-state index contributed by atoms with van der Waals surface area (Å²) in [7, 11) is 0. The van der Waals surface area contributed by atoms with E-state index in [1.165, 1.54) is 54.6 Å². The quantitative estimate of drug-likeness (QED) is 0.177. The Morgan fingerprint density at radius 1 is 0.600 bits per heavy atom. The molecule has 206 valence electrons. The molecule has 0 amide bonds. The Morgan fingerprint density at radius 3 is 2.00 bits per heavy atom. The summed E-state index contributed by atoms with van der Waals surface area (Å²) in [4.78, 5) is 0. The second-order valence-corrected chi connectivity index (χ2v) is 10.0. The first-order valence-electron chi connectivity index (χ1n) is 12.5. The summed E-state index contributed by atoms with van der Waals surface area (Å²) in [6, 6.07) is 15.6. The highest BCUT2D eigenvalue weighted by Gasteiger charge is 2.43. The van der Waals surface area contributed by atoms with Gasteiger partial charge in [-0.25, -0.2) is 0 Å². The van der Waals surface area contributed by atoms with E-state index in [0.29, 0.717) is 16.7 Å². The van der Waals surface area contributed by atoms with Crippen molar-refractivity contribution >= 4 is 0 Å². The van der Waals surface area contributed by atoms with Crippen molar-refractivity contribution in [3.63, 3.8) is 0 Å². The number of phenols is 6. The van der Waals surface area contributed by atoms with Crippen molar-refractivity contribution in [1.82, 2.24) is 0 Å². The number of hydrogen-bond acceptors (Lipinski definition) is 10. The zero-order valence-corrected chi connectivity index (χ0v) is 20.8. The normalized spacial score (nSPS) is 23.4. The second-order valence-electron chi connectivity index (χ2n) is 10.0. The molecule has 0 aromatic heterocycles. The molecule has 2 aliphatic rings. The van der Waals surface area contributed by atoms with Crippen LogP contribution in [0.5, 0.6) is 46.0 Å². The van der Waals surface area contributed by atoms with Gasteiger partial charge in [0.15, 0.2) is 17.6 Å². The number of rotatable bonds is 3. The maximum Gasteiger partial charge on any atom is 0.157 e. The molecule has 0 aliphatic carbocycles. The van der Waals surface area contributed by atoms with Crippen molar-refractivity contribution in [2.45, 2.75) is 36.8 Å². The van der Waals surface area contributed by atoms with Gasteiger partial charge in [-0.3, -0.25) is 0 Å². The monoisotopic (exact) mass is 546 g/mol. The highest BCUT2D eigenvalue weighted by Crippen LogP contribution is 2.54. The molecule has 10 nitrogen and oxygen atoms in total. The first kappa shape index (κ1) is 25.5. The Hall–Kier alpha value is -4.80. The first-order chi connectivity index (χ1) is 19.1. The number of phenolic OH excluding ortho intramolecular Hbond substituents is 6.